The smallest absolute Gasteiger partial charge is 0.344 e. The highest BCUT2D eigenvalue weighted by molar-refractivity contribution is 6.98. The Morgan fingerprint density at radius 1 is 0.889 bits per heavy atom. The predicted molar refractivity (Wildman–Crippen MR) is 207 cm³/mol. The van der Waals surface area contributed by atoms with Gasteiger partial charge >= 0.3 is 11.9 Å². The number of nitrogens with zero attached hydrogens (tertiary/aromatic N) is 2. The van der Waals surface area contributed by atoms with Gasteiger partial charge in [-0.1, -0.05) is 32.0 Å². The van der Waals surface area contributed by atoms with Crippen LogP contribution in [0.4, 0.5) is 18.9 Å². The van der Waals surface area contributed by atoms with E-state index in [1.165, 1.54) is 0 Å². The van der Waals surface area contributed by atoms with Gasteiger partial charge in [0.1, 0.15) is 50.1 Å². The topological polar surface area (TPSA) is 88.3 Å². The molecule has 3 aliphatic heterocycles. The number of unbranched alkanes of at least 4 members (excludes halogenated alkanes) is 3. The fourth-order valence-electron chi connectivity index (χ4n) is 6.54. The summed E-state index contributed by atoms with van der Waals surface area (Å²) in [6.45, 7) is -10.9. The third-order valence-corrected chi connectivity index (χ3v) is 13.0. The van der Waals surface area contributed by atoms with Crippen molar-refractivity contribution in [3.05, 3.63) is 86.9 Å². The van der Waals surface area contributed by atoms with E-state index in [0.717, 1.165) is 62.1 Å². The summed E-state index contributed by atoms with van der Waals surface area (Å²) >= 11 is 5.67. The van der Waals surface area contributed by atoms with E-state index in [0.29, 0.717) is 12.5 Å². The number of rotatable bonds is 16. The molecule has 0 saturated carbocycles. The predicted octanol–water partition coefficient (Wildman–Crippen LogP) is 7.41. The van der Waals surface area contributed by atoms with E-state index < -0.39 is 129 Å². The summed E-state index contributed by atoms with van der Waals surface area (Å²) in [4.78, 5) is 26.7. The second kappa shape index (κ2) is 17.8. The lowest BCUT2D eigenvalue weighted by Crippen LogP contribution is -2.50. The van der Waals surface area contributed by atoms with Gasteiger partial charge in [-0.25, -0.2) is 27.3 Å². The van der Waals surface area contributed by atoms with Crippen LogP contribution in [0.1, 0.15) is 105 Å². The Hall–Kier alpha value is -3.71. The number of benzene rings is 2. The van der Waals surface area contributed by atoms with Gasteiger partial charge in [0.2, 0.25) is 0 Å². The van der Waals surface area contributed by atoms with Crippen molar-refractivity contribution in [2.75, 3.05) is 69.8 Å². The van der Waals surface area contributed by atoms with Crippen LogP contribution in [0.25, 0.3) is 5.57 Å². The zero-order valence-electron chi connectivity index (χ0n) is 45.4. The van der Waals surface area contributed by atoms with Crippen LogP contribution in [0.2, 0.25) is 13.1 Å². The molecule has 2 aromatic carbocycles. The Morgan fingerprint density at radius 3 is 2.26 bits per heavy atom. The van der Waals surface area contributed by atoms with E-state index in [-0.39, 0.29) is 50.8 Å². The van der Waals surface area contributed by atoms with Crippen molar-refractivity contribution in [3.8, 4) is 0 Å². The molecule has 0 radical (unpaired) electrons. The van der Waals surface area contributed by atoms with Crippen LogP contribution in [0.3, 0.4) is 0 Å². The number of ether oxygens (including phenoxy) is 3. The van der Waals surface area contributed by atoms with E-state index in [9.17, 15) is 14.7 Å². The third kappa shape index (κ3) is 8.27. The second-order valence-corrected chi connectivity index (χ2v) is 17.6. The number of aromatic carboxylic acids is 1. The highest BCUT2D eigenvalue weighted by Gasteiger charge is 2.44. The molecule has 1 aliphatic carbocycles. The summed E-state index contributed by atoms with van der Waals surface area (Å²) < 4.78 is 202. The molecule has 2 fully saturated rings. The normalized spacial score (nSPS) is 29.4. The molecule has 0 atom stereocenters. The average Bonchev–Trinajstić information content (AvgIpc) is 3.37. The lowest BCUT2D eigenvalue weighted by molar-refractivity contribution is -0.504. The molecule has 2 saturated heterocycles. The number of halogens is 4. The summed E-state index contributed by atoms with van der Waals surface area (Å²) in [6, 6.07) is 3.14. The van der Waals surface area contributed by atoms with Gasteiger partial charge in [-0.2, -0.15) is 0 Å². The number of fused-ring (bicyclic) bond motifs is 2. The van der Waals surface area contributed by atoms with Gasteiger partial charge in [0, 0.05) is 78.1 Å². The summed E-state index contributed by atoms with van der Waals surface area (Å²) in [5.74, 6) is -9.89. The number of allylic oxidation sites excluding steroid dienone is 5. The number of carbonyl (C=O) groups is 2. The van der Waals surface area contributed by atoms with Gasteiger partial charge in [0.15, 0.2) is 17.3 Å². The molecule has 0 aromatic heterocycles. The first-order valence-electron chi connectivity index (χ1n) is 25.2. The molecule has 0 unspecified atom stereocenters. The maximum atomic E-state index is 17.4. The van der Waals surface area contributed by atoms with Crippen molar-refractivity contribution in [3.63, 3.8) is 0 Å². The van der Waals surface area contributed by atoms with Crippen LogP contribution in [0.5, 0.6) is 0 Å². The van der Waals surface area contributed by atoms with Crippen LogP contribution < -0.4 is 10.1 Å². The Balaban J connectivity index is 1.55. The maximum Gasteiger partial charge on any atom is 0.344 e. The van der Waals surface area contributed by atoms with Gasteiger partial charge < -0.3 is 24.2 Å². The second-order valence-electron chi connectivity index (χ2n) is 12.9. The molecule has 0 amide bonds. The number of hydrogen-bond donors (Lipinski definition) is 1. The summed E-state index contributed by atoms with van der Waals surface area (Å²) in [6.07, 6.45) is -7.41. The lowest BCUT2D eigenvalue weighted by Gasteiger charge is -2.38. The van der Waals surface area contributed by atoms with Crippen LogP contribution in [0, 0.1) is 17.5 Å². The van der Waals surface area contributed by atoms with E-state index >= 15 is 13.2 Å². The number of carbonyl (C=O) groups excluding carboxylic acids is 1. The van der Waals surface area contributed by atoms with Gasteiger partial charge in [-0.15, -0.1) is 11.6 Å². The molecule has 2 aromatic rings. The van der Waals surface area contributed by atoms with E-state index in [1.807, 2.05) is 0 Å². The standard InChI is InChI=1S/C41H48ClF3N2O6Si/c1-54(2)31-25-27(46-16-6-7-17-46)11-13-29(31)33(30-14-12-28(26-32(30)54)47-18-8-9-19-47)34-35(40(48)49)38(44)39(45)36(37(34)43)41(50)53-24-23-52-22-21-51-20-10-4-3-5-15-42/h11-14,25-26H,3-10,15-24H2,1-2H3/p+1/i6D2,7D2,8D2,9D2,16D2,17D2,18D2,19D2. The van der Waals surface area contributed by atoms with Crippen molar-refractivity contribution in [1.82, 2.24) is 0 Å². The van der Waals surface area contributed by atoms with E-state index in [4.69, 9.17) is 47.7 Å². The number of alkyl halides is 1. The first-order valence-corrected chi connectivity index (χ1v) is 20.7. The minimum atomic E-state index is -3.76. The number of carboxylic acid groups (broad SMARTS) is 1. The molecule has 0 spiro atoms. The molecule has 54 heavy (non-hydrogen) atoms. The van der Waals surface area contributed by atoms with E-state index in [2.05, 4.69) is 0 Å². The summed E-state index contributed by atoms with van der Waals surface area (Å²) in [7, 11) is -3.76. The zero-order chi connectivity index (χ0) is 52.7. The minimum Gasteiger partial charge on any atom is -0.478 e. The van der Waals surface area contributed by atoms with Gasteiger partial charge in [-0.3, -0.25) is 0 Å². The largest absolute Gasteiger partial charge is 0.478 e. The fourth-order valence-corrected chi connectivity index (χ4v) is 9.80. The fraction of sp³-hybridized carbons (Fsp3) is 0.488. The van der Waals surface area contributed by atoms with Crippen molar-refractivity contribution in [1.29, 1.82) is 0 Å². The number of esters is 1. The molecule has 8 nitrogen and oxygen atoms in total. The Morgan fingerprint density at radius 2 is 1.56 bits per heavy atom. The molecular formula is C41H49ClF3N2O6Si+. The van der Waals surface area contributed by atoms with Gasteiger partial charge in [0.05, 0.1) is 19.8 Å². The Kier molecular flexibility index (Phi) is 7.94. The molecule has 1 N–H and O–H groups in total. The Labute approximate surface area is 343 Å². The molecule has 290 valence electrons. The highest BCUT2D eigenvalue weighted by Crippen LogP contribution is 2.45. The Bertz CT molecular complexity index is 2570. The van der Waals surface area contributed by atoms with Crippen molar-refractivity contribution >= 4 is 53.8 Å². The van der Waals surface area contributed by atoms with Crippen LogP contribution in [0.15, 0.2) is 47.2 Å². The number of hydrogen-bond acceptors (Lipinski definition) is 6. The average molecular weight is 802 g/mol. The van der Waals surface area contributed by atoms with Crippen molar-refractivity contribution < 1.29 is 68.6 Å². The summed E-state index contributed by atoms with van der Waals surface area (Å²) in [5, 5.41) is 10.4. The number of anilines is 1. The molecular weight excluding hydrogens is 737 g/mol. The van der Waals surface area contributed by atoms with Crippen LogP contribution in [-0.4, -0.2) is 100 Å². The van der Waals surface area contributed by atoms with Gasteiger partial charge in [0.25, 0.3) is 0 Å². The van der Waals surface area contributed by atoms with Gasteiger partial charge in [-0.05, 0) is 70.9 Å². The maximum absolute atomic E-state index is 17.4. The third-order valence-electron chi connectivity index (χ3n) is 9.20. The van der Waals surface area contributed by atoms with Crippen molar-refractivity contribution in [2.24, 2.45) is 0 Å². The van der Waals surface area contributed by atoms with Crippen LogP contribution in [-0.2, 0) is 14.2 Å². The SMILES string of the molecule is [2H]C1([2H])N(c2ccc3c(c2)[Si](C)(C)C2=CC(=[N+]4C([2H])([2H])C([2H])([2H])C([2H])([2H])C4([2H])[2H])C=CC2=C3c2c(F)c(C(=O)OCCOCCOCCCCCCCl)c(F)c(F)c2C(=O)O)C([2H])([2H])C([2H])([2H])C1([2H])[2H]. The molecule has 13 heteroatoms. The minimum absolute atomic E-state index is 0.0362. The monoisotopic (exact) mass is 801 g/mol. The highest BCUT2D eigenvalue weighted by atomic mass is 35.5. The molecule has 0 bridgehead atoms. The lowest BCUT2D eigenvalue weighted by atomic mass is 9.85. The molecule has 4 aliphatic rings. The quantitative estimate of drug-likeness (QED) is 0.0473. The molecule has 6 rings (SSSR count). The zero-order valence-corrected chi connectivity index (χ0v) is 31.2. The first-order chi connectivity index (χ1) is 32.1. The van der Waals surface area contributed by atoms with Crippen LogP contribution >= 0.6 is 11.6 Å². The molecule has 3 heterocycles. The summed E-state index contributed by atoms with van der Waals surface area (Å²) in [5.41, 5.74) is -6.59. The van der Waals surface area contributed by atoms with Crippen molar-refractivity contribution in [2.45, 2.75) is 64.3 Å². The van der Waals surface area contributed by atoms with E-state index in [1.54, 1.807) is 13.1 Å². The first kappa shape index (κ1) is 24.0. The number of carboxylic acids is 1.